The summed E-state index contributed by atoms with van der Waals surface area (Å²) >= 11 is 3.20. The first-order valence-corrected chi connectivity index (χ1v) is 8.58. The molecule has 2 rings (SSSR count). The average molecular weight is 414 g/mol. The summed E-state index contributed by atoms with van der Waals surface area (Å²) in [5.74, 6) is -0.761. The molecule has 0 unspecified atom stereocenters. The van der Waals surface area contributed by atoms with Gasteiger partial charge in [-0.15, -0.1) is 0 Å². The maximum Gasteiger partial charge on any atom is 0.331 e. The van der Waals surface area contributed by atoms with Crippen molar-refractivity contribution in [1.29, 1.82) is 0 Å². The smallest absolute Gasteiger partial charge is 0.331 e. The number of halogens is 1. The summed E-state index contributed by atoms with van der Waals surface area (Å²) in [4.78, 5) is 23.3. The molecule has 0 radical (unpaired) electrons. The van der Waals surface area contributed by atoms with Gasteiger partial charge in [-0.05, 0) is 52.5 Å². The Morgan fingerprint density at radius 2 is 2.28 bits per heavy atom. The van der Waals surface area contributed by atoms with Crippen molar-refractivity contribution in [1.82, 2.24) is 5.32 Å². The van der Waals surface area contributed by atoms with Crippen LogP contribution in [0.1, 0.15) is 18.4 Å². The molecule has 1 atom stereocenters. The van der Waals surface area contributed by atoms with E-state index in [2.05, 4.69) is 21.2 Å². The quantitative estimate of drug-likeness (QED) is 0.524. The SMILES string of the molecule is COc1cc(/C=C/C(=O)OCC(=O)NC[C@H]2CCCO2)cc(Br)c1O. The Morgan fingerprint density at radius 3 is 2.96 bits per heavy atom. The molecule has 1 amide bonds. The molecule has 136 valence electrons. The van der Waals surface area contributed by atoms with Crippen LogP contribution in [0.5, 0.6) is 11.5 Å². The molecular formula is C17H20BrNO6. The van der Waals surface area contributed by atoms with Gasteiger partial charge in [-0.1, -0.05) is 0 Å². The largest absolute Gasteiger partial charge is 0.503 e. The van der Waals surface area contributed by atoms with Gasteiger partial charge in [-0.25, -0.2) is 4.79 Å². The lowest BCUT2D eigenvalue weighted by atomic mass is 10.2. The molecule has 1 aromatic carbocycles. The molecule has 0 spiro atoms. The van der Waals surface area contributed by atoms with E-state index in [1.54, 1.807) is 12.1 Å². The number of aromatic hydroxyl groups is 1. The van der Waals surface area contributed by atoms with Crippen LogP contribution in [0.25, 0.3) is 6.08 Å². The maximum absolute atomic E-state index is 11.7. The zero-order chi connectivity index (χ0) is 18.2. The van der Waals surface area contributed by atoms with Gasteiger partial charge in [0.1, 0.15) is 0 Å². The molecule has 0 bridgehead atoms. The standard InChI is InChI=1S/C17H20BrNO6/c1-23-14-8-11(7-13(18)17(14)22)4-5-16(21)25-10-15(20)19-9-12-3-2-6-24-12/h4-5,7-8,12,22H,2-3,6,9-10H2,1H3,(H,19,20)/b5-4+/t12-/m1/s1. The van der Waals surface area contributed by atoms with Crippen molar-refractivity contribution in [2.75, 3.05) is 26.9 Å². The van der Waals surface area contributed by atoms with Gasteiger partial charge in [-0.3, -0.25) is 4.79 Å². The van der Waals surface area contributed by atoms with E-state index in [-0.39, 0.29) is 30.1 Å². The van der Waals surface area contributed by atoms with Crippen LogP contribution in [0.3, 0.4) is 0 Å². The molecule has 1 aromatic rings. The summed E-state index contributed by atoms with van der Waals surface area (Å²) in [7, 11) is 1.43. The topological polar surface area (TPSA) is 94.1 Å². The van der Waals surface area contributed by atoms with Crippen LogP contribution < -0.4 is 10.1 Å². The van der Waals surface area contributed by atoms with Gasteiger partial charge in [0.15, 0.2) is 18.1 Å². The van der Waals surface area contributed by atoms with Gasteiger partial charge in [0.05, 0.1) is 17.7 Å². The highest BCUT2D eigenvalue weighted by Gasteiger charge is 2.16. The predicted octanol–water partition coefficient (Wildman–Crippen LogP) is 2.01. The molecule has 1 aliphatic rings. The molecule has 25 heavy (non-hydrogen) atoms. The summed E-state index contributed by atoms with van der Waals surface area (Å²) in [5.41, 5.74) is 0.626. The molecule has 1 heterocycles. The number of phenolic OH excluding ortho intramolecular Hbond substituents is 1. The number of hydrogen-bond acceptors (Lipinski definition) is 6. The highest BCUT2D eigenvalue weighted by molar-refractivity contribution is 9.10. The fraction of sp³-hybridized carbons (Fsp3) is 0.412. The molecule has 1 saturated heterocycles. The first-order valence-electron chi connectivity index (χ1n) is 7.79. The van der Waals surface area contributed by atoms with E-state index >= 15 is 0 Å². The number of rotatable bonds is 7. The molecule has 1 aliphatic heterocycles. The van der Waals surface area contributed by atoms with Crippen LogP contribution >= 0.6 is 15.9 Å². The summed E-state index contributed by atoms with van der Waals surface area (Å²) in [6.07, 6.45) is 4.67. The Morgan fingerprint density at radius 1 is 1.48 bits per heavy atom. The fourth-order valence-electron chi connectivity index (χ4n) is 2.28. The minimum Gasteiger partial charge on any atom is -0.503 e. The van der Waals surface area contributed by atoms with Crippen molar-refractivity contribution in [3.63, 3.8) is 0 Å². The highest BCUT2D eigenvalue weighted by Crippen LogP contribution is 2.35. The first-order chi connectivity index (χ1) is 12.0. The molecular weight excluding hydrogens is 394 g/mol. The van der Waals surface area contributed by atoms with E-state index in [0.717, 1.165) is 19.4 Å². The Hall–Kier alpha value is -2.06. The minimum atomic E-state index is -0.643. The number of hydrogen-bond donors (Lipinski definition) is 2. The monoisotopic (exact) mass is 413 g/mol. The fourth-order valence-corrected chi connectivity index (χ4v) is 2.74. The maximum atomic E-state index is 11.7. The summed E-state index contributed by atoms with van der Waals surface area (Å²) in [6, 6.07) is 3.19. The van der Waals surface area contributed by atoms with E-state index < -0.39 is 5.97 Å². The van der Waals surface area contributed by atoms with E-state index in [9.17, 15) is 14.7 Å². The lowest BCUT2D eigenvalue weighted by Crippen LogP contribution is -2.34. The Labute approximate surface area is 154 Å². The van der Waals surface area contributed by atoms with E-state index in [1.165, 1.54) is 19.3 Å². The van der Waals surface area contributed by atoms with Gasteiger partial charge < -0.3 is 24.6 Å². The third kappa shape index (κ3) is 6.06. The third-order valence-electron chi connectivity index (χ3n) is 3.58. The van der Waals surface area contributed by atoms with Crippen molar-refractivity contribution in [3.8, 4) is 11.5 Å². The molecule has 0 aromatic heterocycles. The molecule has 7 nitrogen and oxygen atoms in total. The van der Waals surface area contributed by atoms with Gasteiger partial charge in [-0.2, -0.15) is 0 Å². The summed E-state index contributed by atoms with van der Waals surface area (Å²) < 4.78 is 15.7. The third-order valence-corrected chi connectivity index (χ3v) is 4.18. The first kappa shape index (κ1) is 19.3. The van der Waals surface area contributed by atoms with E-state index in [1.807, 2.05) is 0 Å². The number of benzene rings is 1. The van der Waals surface area contributed by atoms with Crippen molar-refractivity contribution in [2.45, 2.75) is 18.9 Å². The number of amides is 1. The minimum absolute atomic E-state index is 0.0230. The van der Waals surface area contributed by atoms with Gasteiger partial charge >= 0.3 is 5.97 Å². The Kier molecular flexibility index (Phi) is 7.27. The number of phenols is 1. The predicted molar refractivity (Wildman–Crippen MR) is 94.3 cm³/mol. The van der Waals surface area contributed by atoms with Crippen molar-refractivity contribution in [3.05, 3.63) is 28.2 Å². The van der Waals surface area contributed by atoms with Crippen LogP contribution in [0.4, 0.5) is 0 Å². The lowest BCUT2D eigenvalue weighted by molar-refractivity contribution is -0.143. The molecule has 0 saturated carbocycles. The van der Waals surface area contributed by atoms with Crippen molar-refractivity contribution >= 4 is 33.9 Å². The lowest BCUT2D eigenvalue weighted by Gasteiger charge is -2.10. The number of carbonyl (C=O) groups excluding carboxylic acids is 2. The number of methoxy groups -OCH3 is 1. The van der Waals surface area contributed by atoms with Gasteiger partial charge in [0, 0.05) is 19.2 Å². The van der Waals surface area contributed by atoms with Crippen LogP contribution in [0, 0.1) is 0 Å². The van der Waals surface area contributed by atoms with Crippen LogP contribution in [-0.4, -0.2) is 50.0 Å². The van der Waals surface area contributed by atoms with E-state index in [4.69, 9.17) is 14.2 Å². The zero-order valence-electron chi connectivity index (χ0n) is 13.8. The number of ether oxygens (including phenoxy) is 3. The molecule has 8 heteroatoms. The molecule has 1 fully saturated rings. The van der Waals surface area contributed by atoms with Gasteiger partial charge in [0.25, 0.3) is 5.91 Å². The average Bonchev–Trinajstić information content (AvgIpc) is 3.12. The second-order valence-corrected chi connectivity index (χ2v) is 6.29. The van der Waals surface area contributed by atoms with E-state index in [0.29, 0.717) is 16.6 Å². The number of esters is 1. The molecule has 0 aliphatic carbocycles. The zero-order valence-corrected chi connectivity index (χ0v) is 15.4. The normalized spacial score (nSPS) is 16.8. The highest BCUT2D eigenvalue weighted by atomic mass is 79.9. The van der Waals surface area contributed by atoms with Crippen LogP contribution in [0.2, 0.25) is 0 Å². The number of nitrogens with one attached hydrogen (secondary N) is 1. The van der Waals surface area contributed by atoms with Gasteiger partial charge in [0.2, 0.25) is 0 Å². The van der Waals surface area contributed by atoms with Crippen molar-refractivity contribution < 1.29 is 28.9 Å². The Bertz CT molecular complexity index is 655. The van der Waals surface area contributed by atoms with Crippen LogP contribution in [-0.2, 0) is 19.1 Å². The summed E-state index contributed by atoms with van der Waals surface area (Å²) in [6.45, 7) is 0.796. The van der Waals surface area contributed by atoms with Crippen LogP contribution in [0.15, 0.2) is 22.7 Å². The Balaban J connectivity index is 1.78. The second-order valence-electron chi connectivity index (χ2n) is 5.43. The second kappa shape index (κ2) is 9.43. The number of carbonyl (C=O) groups is 2. The summed E-state index contributed by atoms with van der Waals surface area (Å²) in [5, 5.41) is 12.4. The molecule has 2 N–H and O–H groups in total. The van der Waals surface area contributed by atoms with Crippen molar-refractivity contribution in [2.24, 2.45) is 0 Å².